The maximum atomic E-state index is 12.3. The largest absolute Gasteiger partial charge is 0.444 e. The molecule has 0 heterocycles. The Morgan fingerprint density at radius 3 is 2.30 bits per heavy atom. The van der Waals surface area contributed by atoms with E-state index in [-0.39, 0.29) is 11.7 Å². The van der Waals surface area contributed by atoms with Gasteiger partial charge in [0.15, 0.2) is 0 Å². The molecule has 136 valence electrons. The number of hydrogen-bond donors (Lipinski definition) is 0. The van der Waals surface area contributed by atoms with Crippen LogP contribution in [0.1, 0.15) is 60.8 Å². The summed E-state index contributed by atoms with van der Waals surface area (Å²) in [6.45, 7) is 14.0. The minimum atomic E-state index is -0.467. The molecule has 0 aromatic rings. The number of hydrogen-bond acceptors (Lipinski definition) is 3. The van der Waals surface area contributed by atoms with Gasteiger partial charge in [-0.2, -0.15) is 0 Å². The van der Waals surface area contributed by atoms with Crippen molar-refractivity contribution in [2.24, 2.45) is 11.8 Å². The van der Waals surface area contributed by atoms with Gasteiger partial charge in [-0.05, 0) is 46.5 Å². The fourth-order valence-corrected chi connectivity index (χ4v) is 3.10. The Morgan fingerprint density at radius 2 is 1.91 bits per heavy atom. The summed E-state index contributed by atoms with van der Waals surface area (Å²) in [5.41, 5.74) is -0.795. The summed E-state index contributed by atoms with van der Waals surface area (Å²) in [7, 11) is 0. The van der Waals surface area contributed by atoms with Crippen molar-refractivity contribution in [3.8, 4) is 0 Å². The molecule has 1 aliphatic carbocycles. The van der Waals surface area contributed by atoms with E-state index >= 15 is 0 Å². The minimum Gasteiger partial charge on any atom is -0.444 e. The molecule has 1 amide bonds. The van der Waals surface area contributed by atoms with Gasteiger partial charge in [0.1, 0.15) is 5.60 Å². The van der Waals surface area contributed by atoms with Crippen LogP contribution in [0.3, 0.4) is 0 Å². The smallest absolute Gasteiger partial charge is 0.410 e. The standard InChI is InChI=1S/C18H34INO3/c1-7-20(16(21)23-17(3,4)5)13-18(6,12-19)22-11-14(2)15-9-8-10-15/h14-15H,7-13H2,1-6H3. The molecule has 4 nitrogen and oxygen atoms in total. The van der Waals surface area contributed by atoms with E-state index < -0.39 is 5.60 Å². The van der Waals surface area contributed by atoms with Gasteiger partial charge in [-0.15, -0.1) is 0 Å². The maximum absolute atomic E-state index is 12.3. The maximum Gasteiger partial charge on any atom is 0.410 e. The molecule has 0 spiro atoms. The molecular formula is C18H34INO3. The predicted octanol–water partition coefficient (Wildman–Crippen LogP) is 4.89. The minimum absolute atomic E-state index is 0.258. The Hall–Kier alpha value is -0.0400. The van der Waals surface area contributed by atoms with Crippen LogP contribution in [0, 0.1) is 11.8 Å². The van der Waals surface area contributed by atoms with Gasteiger partial charge in [0, 0.05) is 11.0 Å². The Bertz CT molecular complexity index is 379. The average Bonchev–Trinajstić information content (AvgIpc) is 2.38. The van der Waals surface area contributed by atoms with Crippen LogP contribution in [-0.4, -0.2) is 46.3 Å². The van der Waals surface area contributed by atoms with Crippen molar-refractivity contribution < 1.29 is 14.3 Å². The lowest BCUT2D eigenvalue weighted by molar-refractivity contribution is -0.0621. The Kier molecular flexibility index (Phi) is 8.11. The van der Waals surface area contributed by atoms with Crippen molar-refractivity contribution in [3.63, 3.8) is 0 Å². The zero-order valence-corrected chi connectivity index (χ0v) is 17.8. The van der Waals surface area contributed by atoms with Crippen molar-refractivity contribution in [3.05, 3.63) is 0 Å². The molecule has 1 saturated carbocycles. The highest BCUT2D eigenvalue weighted by atomic mass is 127. The zero-order chi connectivity index (χ0) is 17.7. The molecule has 0 aliphatic heterocycles. The van der Waals surface area contributed by atoms with Gasteiger partial charge >= 0.3 is 6.09 Å². The van der Waals surface area contributed by atoms with Crippen LogP contribution in [0.2, 0.25) is 0 Å². The van der Waals surface area contributed by atoms with Crippen molar-refractivity contribution in [2.45, 2.75) is 72.0 Å². The normalized spacial score (nSPS) is 19.6. The fourth-order valence-electron chi connectivity index (χ4n) is 2.64. The van der Waals surface area contributed by atoms with Gasteiger partial charge in [0.25, 0.3) is 0 Å². The average molecular weight is 439 g/mol. The van der Waals surface area contributed by atoms with Crippen LogP contribution in [-0.2, 0) is 9.47 Å². The number of halogens is 1. The van der Waals surface area contributed by atoms with Crippen LogP contribution < -0.4 is 0 Å². The van der Waals surface area contributed by atoms with Crippen molar-refractivity contribution >= 4 is 28.7 Å². The molecule has 2 unspecified atom stereocenters. The van der Waals surface area contributed by atoms with Crippen LogP contribution in [0.4, 0.5) is 4.79 Å². The Morgan fingerprint density at radius 1 is 1.30 bits per heavy atom. The molecular weight excluding hydrogens is 405 g/mol. The van der Waals surface area contributed by atoms with E-state index in [4.69, 9.17) is 9.47 Å². The molecule has 0 aromatic carbocycles. The highest BCUT2D eigenvalue weighted by molar-refractivity contribution is 14.1. The summed E-state index contributed by atoms with van der Waals surface area (Å²) in [5.74, 6) is 1.42. The first-order valence-electron chi connectivity index (χ1n) is 8.78. The third-order valence-corrected chi connectivity index (χ3v) is 6.10. The highest BCUT2D eigenvalue weighted by Crippen LogP contribution is 2.34. The quantitative estimate of drug-likeness (QED) is 0.399. The zero-order valence-electron chi connectivity index (χ0n) is 15.7. The summed E-state index contributed by atoms with van der Waals surface area (Å²) >= 11 is 2.35. The topological polar surface area (TPSA) is 38.8 Å². The second kappa shape index (κ2) is 8.88. The summed E-state index contributed by atoms with van der Waals surface area (Å²) in [4.78, 5) is 14.1. The van der Waals surface area contributed by atoms with Crippen molar-refractivity contribution in [1.82, 2.24) is 4.90 Å². The molecule has 0 bridgehead atoms. The number of carbonyl (C=O) groups excluding carboxylic acids is 1. The van der Waals surface area contributed by atoms with Crippen LogP contribution in [0.5, 0.6) is 0 Å². The number of ether oxygens (including phenoxy) is 2. The van der Waals surface area contributed by atoms with Gasteiger partial charge in [-0.25, -0.2) is 4.79 Å². The van der Waals surface area contributed by atoms with Crippen LogP contribution >= 0.6 is 22.6 Å². The monoisotopic (exact) mass is 439 g/mol. The predicted molar refractivity (Wildman–Crippen MR) is 103 cm³/mol. The second-order valence-electron chi connectivity index (χ2n) is 8.06. The lowest BCUT2D eigenvalue weighted by Gasteiger charge is -2.37. The van der Waals surface area contributed by atoms with Crippen LogP contribution in [0.25, 0.3) is 0 Å². The third-order valence-electron chi connectivity index (χ3n) is 4.49. The van der Waals surface area contributed by atoms with E-state index in [1.807, 2.05) is 27.7 Å². The number of rotatable bonds is 8. The molecule has 0 aromatic heterocycles. The molecule has 23 heavy (non-hydrogen) atoms. The summed E-state index contributed by atoms with van der Waals surface area (Å²) in [6, 6.07) is 0. The lowest BCUT2D eigenvalue weighted by atomic mass is 9.77. The molecule has 1 rings (SSSR count). The van der Waals surface area contributed by atoms with E-state index in [2.05, 4.69) is 36.4 Å². The Balaban J connectivity index is 2.57. The van der Waals surface area contributed by atoms with E-state index in [1.54, 1.807) is 4.90 Å². The van der Waals surface area contributed by atoms with Gasteiger partial charge in [-0.1, -0.05) is 48.8 Å². The third kappa shape index (κ3) is 7.16. The summed E-state index contributed by atoms with van der Waals surface area (Å²) in [6.07, 6.45) is 3.78. The van der Waals surface area contributed by atoms with E-state index in [1.165, 1.54) is 19.3 Å². The van der Waals surface area contributed by atoms with Gasteiger partial charge in [0.2, 0.25) is 0 Å². The first-order valence-corrected chi connectivity index (χ1v) is 10.3. The second-order valence-corrected chi connectivity index (χ2v) is 8.82. The number of alkyl halides is 1. The first kappa shape index (κ1) is 21.0. The lowest BCUT2D eigenvalue weighted by Crippen LogP contribution is -2.48. The van der Waals surface area contributed by atoms with E-state index in [0.717, 1.165) is 17.0 Å². The van der Waals surface area contributed by atoms with E-state index in [0.29, 0.717) is 19.0 Å². The van der Waals surface area contributed by atoms with Gasteiger partial charge in [0.05, 0.1) is 18.8 Å². The molecule has 0 saturated heterocycles. The van der Waals surface area contributed by atoms with E-state index in [9.17, 15) is 4.79 Å². The van der Waals surface area contributed by atoms with Crippen molar-refractivity contribution in [1.29, 1.82) is 0 Å². The number of amides is 1. The SMILES string of the molecule is CCN(CC(C)(CI)OCC(C)C1CCC1)C(=O)OC(C)(C)C. The molecule has 0 N–H and O–H groups in total. The molecule has 1 aliphatic rings. The van der Waals surface area contributed by atoms with Crippen molar-refractivity contribution in [2.75, 3.05) is 24.1 Å². The molecule has 0 radical (unpaired) electrons. The Labute approximate surface area is 155 Å². The molecule has 5 heteroatoms. The summed E-state index contributed by atoms with van der Waals surface area (Å²) < 4.78 is 12.6. The first-order chi connectivity index (χ1) is 10.6. The molecule has 1 fully saturated rings. The number of carbonyl (C=O) groups is 1. The number of nitrogens with zero attached hydrogens (tertiary/aromatic N) is 1. The summed E-state index contributed by atoms with van der Waals surface area (Å²) in [5, 5.41) is 0. The highest BCUT2D eigenvalue weighted by Gasteiger charge is 2.33. The van der Waals surface area contributed by atoms with Crippen LogP contribution in [0.15, 0.2) is 0 Å². The molecule has 2 atom stereocenters. The van der Waals surface area contributed by atoms with Gasteiger partial charge < -0.3 is 14.4 Å². The fraction of sp³-hybridized carbons (Fsp3) is 0.944. The number of likely N-dealkylation sites (N-methyl/N-ethyl adjacent to an activating group) is 1. The van der Waals surface area contributed by atoms with Gasteiger partial charge in [-0.3, -0.25) is 0 Å².